The van der Waals surface area contributed by atoms with Gasteiger partial charge in [0, 0.05) is 18.5 Å². The van der Waals surface area contributed by atoms with E-state index < -0.39 is 0 Å². The Morgan fingerprint density at radius 3 is 2.65 bits per heavy atom. The van der Waals surface area contributed by atoms with Gasteiger partial charge in [0.2, 0.25) is 0 Å². The van der Waals surface area contributed by atoms with Gasteiger partial charge < -0.3 is 10.6 Å². The number of hydrogen-bond acceptors (Lipinski definition) is 3. The number of thiazole rings is 1. The molecule has 1 atom stereocenters. The van der Waals surface area contributed by atoms with Gasteiger partial charge in [-0.2, -0.15) is 0 Å². The van der Waals surface area contributed by atoms with Crippen molar-refractivity contribution in [2.45, 2.75) is 40.2 Å². The van der Waals surface area contributed by atoms with E-state index in [0.29, 0.717) is 5.92 Å². The Bertz CT molecular complexity index is 675. The fraction of sp³-hybridized carbons (Fsp3) is 0.444. The predicted molar refractivity (Wildman–Crippen MR) is 99.4 cm³/mol. The molecule has 0 aliphatic rings. The van der Waals surface area contributed by atoms with E-state index >= 15 is 0 Å². The summed E-state index contributed by atoms with van der Waals surface area (Å²) in [6.45, 7) is 10.1. The van der Waals surface area contributed by atoms with Crippen LogP contribution in [0.5, 0.6) is 0 Å². The van der Waals surface area contributed by atoms with Gasteiger partial charge in [-0.3, -0.25) is 4.99 Å². The number of guanidine groups is 1. The molecule has 0 aliphatic carbocycles. The van der Waals surface area contributed by atoms with Crippen LogP contribution in [0.3, 0.4) is 0 Å². The van der Waals surface area contributed by atoms with Crippen LogP contribution in [0.1, 0.15) is 39.5 Å². The van der Waals surface area contributed by atoms with Crippen molar-refractivity contribution in [3.63, 3.8) is 0 Å². The average Bonchev–Trinajstić information content (AvgIpc) is 2.85. The lowest BCUT2D eigenvalue weighted by atomic mass is 9.99. The minimum atomic E-state index is 0.431. The van der Waals surface area contributed by atoms with Gasteiger partial charge in [0.05, 0.1) is 17.2 Å². The summed E-state index contributed by atoms with van der Waals surface area (Å²) >= 11 is 1.73. The molecule has 1 aromatic heterocycles. The maximum atomic E-state index is 4.46. The van der Waals surface area contributed by atoms with Crippen molar-refractivity contribution in [2.75, 3.05) is 13.6 Å². The zero-order chi connectivity index (χ0) is 16.8. The van der Waals surface area contributed by atoms with Crippen molar-refractivity contribution >= 4 is 17.3 Å². The van der Waals surface area contributed by atoms with Crippen LogP contribution in [0.2, 0.25) is 0 Å². The molecular weight excluding hydrogens is 304 g/mol. The number of aromatic nitrogens is 1. The molecule has 23 heavy (non-hydrogen) atoms. The highest BCUT2D eigenvalue weighted by Crippen LogP contribution is 2.17. The summed E-state index contributed by atoms with van der Waals surface area (Å²) in [7, 11) is 1.80. The molecule has 2 aromatic rings. The first-order valence-corrected chi connectivity index (χ1v) is 8.75. The maximum absolute atomic E-state index is 4.46. The topological polar surface area (TPSA) is 49.3 Å². The van der Waals surface area contributed by atoms with Gasteiger partial charge in [0.25, 0.3) is 0 Å². The highest BCUT2D eigenvalue weighted by molar-refractivity contribution is 7.11. The number of aliphatic imine (C=N–C) groups is 1. The van der Waals surface area contributed by atoms with E-state index in [1.165, 1.54) is 16.0 Å². The largest absolute Gasteiger partial charge is 0.356 e. The van der Waals surface area contributed by atoms with Crippen LogP contribution >= 0.6 is 11.3 Å². The lowest BCUT2D eigenvalue weighted by molar-refractivity contribution is 0.699. The maximum Gasteiger partial charge on any atom is 0.191 e. The molecule has 0 spiro atoms. The van der Waals surface area contributed by atoms with Crippen LogP contribution in [-0.4, -0.2) is 24.5 Å². The molecular formula is C18H26N4S. The Kier molecular flexibility index (Phi) is 6.16. The van der Waals surface area contributed by atoms with Crippen LogP contribution in [0.25, 0.3) is 0 Å². The van der Waals surface area contributed by atoms with E-state index in [4.69, 9.17) is 0 Å². The van der Waals surface area contributed by atoms with Gasteiger partial charge in [-0.05, 0) is 32.3 Å². The Morgan fingerprint density at radius 2 is 2.04 bits per heavy atom. The van der Waals surface area contributed by atoms with E-state index in [2.05, 4.69) is 65.6 Å². The fourth-order valence-corrected chi connectivity index (χ4v) is 3.34. The van der Waals surface area contributed by atoms with Gasteiger partial charge in [0.15, 0.2) is 5.96 Å². The highest BCUT2D eigenvalue weighted by atomic mass is 32.1. The predicted octanol–water partition coefficient (Wildman–Crippen LogP) is 3.54. The van der Waals surface area contributed by atoms with Crippen LogP contribution in [0.15, 0.2) is 29.3 Å². The van der Waals surface area contributed by atoms with Crippen molar-refractivity contribution in [3.05, 3.63) is 51.0 Å². The average molecular weight is 331 g/mol. The van der Waals surface area contributed by atoms with Crippen molar-refractivity contribution in [1.29, 1.82) is 0 Å². The quantitative estimate of drug-likeness (QED) is 0.651. The van der Waals surface area contributed by atoms with Gasteiger partial charge in [0.1, 0.15) is 0 Å². The number of rotatable bonds is 5. The summed E-state index contributed by atoms with van der Waals surface area (Å²) in [5.41, 5.74) is 3.75. The molecule has 0 amide bonds. The number of nitrogens with zero attached hydrogens (tertiary/aromatic N) is 2. The van der Waals surface area contributed by atoms with Crippen molar-refractivity contribution in [1.82, 2.24) is 15.6 Å². The Morgan fingerprint density at radius 1 is 1.26 bits per heavy atom. The van der Waals surface area contributed by atoms with Crippen LogP contribution in [-0.2, 0) is 6.54 Å². The summed E-state index contributed by atoms with van der Waals surface area (Å²) in [6, 6.07) is 8.66. The summed E-state index contributed by atoms with van der Waals surface area (Å²) in [5.74, 6) is 1.26. The molecule has 2 N–H and O–H groups in total. The fourth-order valence-electron chi connectivity index (χ4n) is 2.47. The third-order valence-electron chi connectivity index (χ3n) is 3.83. The molecule has 0 fully saturated rings. The Balaban J connectivity index is 1.86. The molecule has 0 saturated heterocycles. The van der Waals surface area contributed by atoms with Gasteiger partial charge >= 0.3 is 0 Å². The van der Waals surface area contributed by atoms with Crippen LogP contribution in [0.4, 0.5) is 0 Å². The number of benzene rings is 1. The smallest absolute Gasteiger partial charge is 0.191 e. The van der Waals surface area contributed by atoms with Gasteiger partial charge in [-0.15, -0.1) is 11.3 Å². The number of aryl methyl sites for hydroxylation is 3. The van der Waals surface area contributed by atoms with E-state index in [0.717, 1.165) is 29.8 Å². The number of hydrogen-bond donors (Lipinski definition) is 2. The normalized spacial score (nSPS) is 13.0. The monoisotopic (exact) mass is 330 g/mol. The second-order valence-electron chi connectivity index (χ2n) is 5.86. The third kappa shape index (κ3) is 5.06. The molecule has 0 bridgehead atoms. The molecule has 1 unspecified atom stereocenters. The lowest BCUT2D eigenvalue weighted by Gasteiger charge is -2.16. The van der Waals surface area contributed by atoms with E-state index in [9.17, 15) is 0 Å². The van der Waals surface area contributed by atoms with E-state index in [1.54, 1.807) is 18.4 Å². The molecule has 2 rings (SSSR count). The summed E-state index contributed by atoms with van der Waals surface area (Å²) in [4.78, 5) is 10.0. The highest BCUT2D eigenvalue weighted by Gasteiger charge is 2.08. The molecule has 4 nitrogen and oxygen atoms in total. The zero-order valence-corrected chi connectivity index (χ0v) is 15.4. The van der Waals surface area contributed by atoms with E-state index in [1.807, 2.05) is 6.92 Å². The molecule has 1 aromatic carbocycles. The van der Waals surface area contributed by atoms with Gasteiger partial charge in [-0.1, -0.05) is 36.8 Å². The second kappa shape index (κ2) is 8.11. The number of nitrogens with one attached hydrogen (secondary N) is 2. The molecule has 1 heterocycles. The minimum absolute atomic E-state index is 0.431. The summed E-state index contributed by atoms with van der Waals surface area (Å²) in [5, 5.41) is 7.88. The molecule has 0 aliphatic heterocycles. The summed E-state index contributed by atoms with van der Waals surface area (Å²) < 4.78 is 0. The first kappa shape index (κ1) is 17.5. The first-order valence-electron chi connectivity index (χ1n) is 7.93. The molecule has 0 radical (unpaired) electrons. The Hall–Kier alpha value is -1.88. The summed E-state index contributed by atoms with van der Waals surface area (Å²) in [6.07, 6.45) is 0. The lowest BCUT2D eigenvalue weighted by Crippen LogP contribution is -2.38. The molecule has 0 saturated carbocycles. The van der Waals surface area contributed by atoms with Crippen molar-refractivity contribution in [3.8, 4) is 0 Å². The second-order valence-corrected chi connectivity index (χ2v) is 7.15. The van der Waals surface area contributed by atoms with Crippen molar-refractivity contribution < 1.29 is 0 Å². The SMILES string of the molecule is CN=C(NCc1sc(C)nc1C)NCC(C)c1cccc(C)c1. The first-order chi connectivity index (χ1) is 11.0. The van der Waals surface area contributed by atoms with Crippen LogP contribution in [0, 0.1) is 20.8 Å². The standard InChI is InChI=1S/C18H26N4S/c1-12-7-6-8-16(9-12)13(2)10-20-18(19-5)21-11-17-14(3)22-15(4)23-17/h6-9,13H,10-11H2,1-5H3,(H2,19,20,21). The molecule has 124 valence electrons. The van der Waals surface area contributed by atoms with E-state index in [-0.39, 0.29) is 0 Å². The Labute approximate surface area is 143 Å². The minimum Gasteiger partial charge on any atom is -0.356 e. The van der Waals surface area contributed by atoms with Gasteiger partial charge in [-0.25, -0.2) is 4.98 Å². The van der Waals surface area contributed by atoms with Crippen molar-refractivity contribution in [2.24, 2.45) is 4.99 Å². The molecule has 5 heteroatoms. The third-order valence-corrected chi connectivity index (χ3v) is 4.90. The van der Waals surface area contributed by atoms with Crippen LogP contribution < -0.4 is 10.6 Å². The zero-order valence-electron chi connectivity index (χ0n) is 14.6.